The Morgan fingerprint density at radius 3 is 2.41 bits per heavy atom. The highest BCUT2D eigenvalue weighted by atomic mass is 35.5. The van der Waals surface area contributed by atoms with Crippen molar-refractivity contribution in [1.29, 1.82) is 0 Å². The summed E-state index contributed by atoms with van der Waals surface area (Å²) in [5.74, 6) is 1.86. The Balaban J connectivity index is 1.77. The van der Waals surface area contributed by atoms with Crippen molar-refractivity contribution in [1.82, 2.24) is 10.2 Å². The molecule has 1 aliphatic rings. The zero-order valence-corrected chi connectivity index (χ0v) is 16.0. The summed E-state index contributed by atoms with van der Waals surface area (Å²) in [6.07, 6.45) is 0. The van der Waals surface area contributed by atoms with Crippen molar-refractivity contribution in [2.45, 2.75) is 0 Å². The van der Waals surface area contributed by atoms with Crippen LogP contribution in [-0.4, -0.2) is 44.0 Å². The predicted molar refractivity (Wildman–Crippen MR) is 113 cm³/mol. The highest BCUT2D eigenvalue weighted by molar-refractivity contribution is 6.30. The van der Waals surface area contributed by atoms with Gasteiger partial charge in [0.05, 0.1) is 12.8 Å². The van der Waals surface area contributed by atoms with Crippen LogP contribution in [0.1, 0.15) is 5.56 Å². The highest BCUT2D eigenvalue weighted by Crippen LogP contribution is 2.24. The number of piperazine rings is 1. The van der Waals surface area contributed by atoms with Crippen LogP contribution in [0.2, 0.25) is 5.02 Å². The van der Waals surface area contributed by atoms with Gasteiger partial charge in [0.1, 0.15) is 11.6 Å². The van der Waals surface area contributed by atoms with E-state index in [0.29, 0.717) is 0 Å². The Labute approximate surface area is 164 Å². The molecule has 0 bridgehead atoms. The van der Waals surface area contributed by atoms with Gasteiger partial charge in [-0.1, -0.05) is 29.8 Å². The first-order chi connectivity index (χ1) is 13.2. The number of fused-ring (bicyclic) bond motifs is 1. The molecule has 138 valence electrons. The summed E-state index contributed by atoms with van der Waals surface area (Å²) in [7, 11) is 1.69. The van der Waals surface area contributed by atoms with Gasteiger partial charge in [-0.25, -0.2) is 4.99 Å². The summed E-state index contributed by atoms with van der Waals surface area (Å²) in [5.41, 5.74) is 2.02. The molecule has 0 saturated carbocycles. The third-order valence-corrected chi connectivity index (χ3v) is 5.04. The van der Waals surface area contributed by atoms with Crippen molar-refractivity contribution in [2.75, 3.05) is 33.3 Å². The van der Waals surface area contributed by atoms with Gasteiger partial charge in [0, 0.05) is 36.8 Å². The number of ether oxygens (including phenoxy) is 1. The van der Waals surface area contributed by atoms with Crippen LogP contribution in [0, 0.1) is 0 Å². The summed E-state index contributed by atoms with van der Waals surface area (Å²) < 4.78 is 5.33. The van der Waals surface area contributed by atoms with Crippen molar-refractivity contribution < 1.29 is 4.74 Å². The fraction of sp³-hybridized carbons (Fsp3) is 0.227. The summed E-state index contributed by atoms with van der Waals surface area (Å²) in [6.45, 7) is 3.80. The molecule has 1 N–H and O–H groups in total. The van der Waals surface area contributed by atoms with Crippen LogP contribution in [0.3, 0.4) is 0 Å². The Bertz CT molecular complexity index is 963. The van der Waals surface area contributed by atoms with Crippen molar-refractivity contribution in [3.63, 3.8) is 0 Å². The number of hydrogen-bond acceptors (Lipinski definition) is 3. The standard InChI is InChI=1S/C22H22ClN3O/c1-27-21-9-4-16-14-18(3-2-17(16)15-21)22(26-12-10-24-11-13-26)25-20-7-5-19(23)6-8-20/h2-9,14-15,24H,10-13H2,1H3. The van der Waals surface area contributed by atoms with Crippen LogP contribution in [0.25, 0.3) is 10.8 Å². The van der Waals surface area contributed by atoms with Crippen molar-refractivity contribution in [3.05, 3.63) is 71.2 Å². The molecule has 1 fully saturated rings. The number of amidine groups is 1. The van der Waals surface area contributed by atoms with E-state index < -0.39 is 0 Å². The van der Waals surface area contributed by atoms with Crippen molar-refractivity contribution in [2.24, 2.45) is 4.99 Å². The van der Waals surface area contributed by atoms with Gasteiger partial charge in [0.2, 0.25) is 0 Å². The van der Waals surface area contributed by atoms with Gasteiger partial charge in [-0.05, 0) is 53.2 Å². The summed E-state index contributed by atoms with van der Waals surface area (Å²) in [4.78, 5) is 7.31. The molecule has 4 rings (SSSR count). The Morgan fingerprint density at radius 2 is 1.67 bits per heavy atom. The molecule has 0 aliphatic carbocycles. The van der Waals surface area contributed by atoms with E-state index in [1.54, 1.807) is 7.11 Å². The lowest BCUT2D eigenvalue weighted by molar-refractivity contribution is 0.358. The fourth-order valence-corrected chi connectivity index (χ4v) is 3.45. The molecule has 5 heteroatoms. The van der Waals surface area contributed by atoms with E-state index in [2.05, 4.69) is 40.5 Å². The van der Waals surface area contributed by atoms with Crippen LogP contribution in [0.15, 0.2) is 65.7 Å². The monoisotopic (exact) mass is 379 g/mol. The molecule has 0 spiro atoms. The molecule has 1 aliphatic heterocycles. The first-order valence-electron chi connectivity index (χ1n) is 9.11. The van der Waals surface area contributed by atoms with Crippen LogP contribution < -0.4 is 10.1 Å². The van der Waals surface area contributed by atoms with Gasteiger partial charge in [-0.15, -0.1) is 0 Å². The number of benzene rings is 3. The summed E-state index contributed by atoms with van der Waals surface area (Å²) >= 11 is 6.03. The third-order valence-electron chi connectivity index (χ3n) is 4.78. The zero-order valence-electron chi connectivity index (χ0n) is 15.3. The normalized spacial score (nSPS) is 15.2. The molecule has 3 aromatic rings. The second kappa shape index (κ2) is 7.99. The molecule has 1 heterocycles. The van der Waals surface area contributed by atoms with Crippen LogP contribution in [0.4, 0.5) is 5.69 Å². The van der Waals surface area contributed by atoms with E-state index in [-0.39, 0.29) is 0 Å². The van der Waals surface area contributed by atoms with E-state index in [0.717, 1.165) is 59.4 Å². The van der Waals surface area contributed by atoms with E-state index in [9.17, 15) is 0 Å². The van der Waals surface area contributed by atoms with E-state index in [4.69, 9.17) is 21.3 Å². The first kappa shape index (κ1) is 17.8. The number of hydrogen-bond donors (Lipinski definition) is 1. The average Bonchev–Trinajstić information content (AvgIpc) is 2.73. The van der Waals surface area contributed by atoms with Crippen molar-refractivity contribution in [3.8, 4) is 5.75 Å². The third kappa shape index (κ3) is 4.07. The van der Waals surface area contributed by atoms with Crippen molar-refractivity contribution >= 4 is 33.9 Å². The maximum absolute atomic E-state index is 6.03. The lowest BCUT2D eigenvalue weighted by Crippen LogP contribution is -2.46. The maximum Gasteiger partial charge on any atom is 0.136 e. The number of methoxy groups -OCH3 is 1. The number of nitrogens with one attached hydrogen (secondary N) is 1. The first-order valence-corrected chi connectivity index (χ1v) is 9.49. The molecular weight excluding hydrogens is 358 g/mol. The number of aliphatic imine (C=N–C) groups is 1. The lowest BCUT2D eigenvalue weighted by atomic mass is 10.0. The van der Waals surface area contributed by atoms with Gasteiger partial charge >= 0.3 is 0 Å². The molecule has 0 aromatic heterocycles. The Hall–Kier alpha value is -2.56. The second-order valence-corrected chi connectivity index (χ2v) is 7.01. The molecule has 4 nitrogen and oxygen atoms in total. The maximum atomic E-state index is 6.03. The second-order valence-electron chi connectivity index (χ2n) is 6.58. The van der Waals surface area contributed by atoms with Gasteiger partial charge < -0.3 is 15.0 Å². The zero-order chi connectivity index (χ0) is 18.6. The molecule has 0 amide bonds. The van der Waals surface area contributed by atoms with E-state index in [1.807, 2.05) is 30.3 Å². The number of nitrogens with zero attached hydrogens (tertiary/aromatic N) is 2. The largest absolute Gasteiger partial charge is 0.497 e. The number of halogens is 1. The SMILES string of the molecule is COc1ccc2cc(C(=Nc3ccc(Cl)cc3)N3CCNCC3)ccc2c1. The van der Waals surface area contributed by atoms with Gasteiger partial charge in [0.25, 0.3) is 0 Å². The molecule has 0 radical (unpaired) electrons. The lowest BCUT2D eigenvalue weighted by Gasteiger charge is -2.30. The number of rotatable bonds is 3. The van der Waals surface area contributed by atoms with Gasteiger partial charge in [0.15, 0.2) is 0 Å². The Morgan fingerprint density at radius 1 is 0.963 bits per heavy atom. The average molecular weight is 380 g/mol. The van der Waals surface area contributed by atoms with Crippen LogP contribution >= 0.6 is 11.6 Å². The Kier molecular flexibility index (Phi) is 5.28. The minimum atomic E-state index is 0.720. The molecular formula is C22H22ClN3O. The van der Waals surface area contributed by atoms with Gasteiger partial charge in [-0.2, -0.15) is 0 Å². The molecule has 0 unspecified atom stereocenters. The summed E-state index contributed by atoms with van der Waals surface area (Å²) in [6, 6.07) is 20.3. The molecule has 0 atom stereocenters. The highest BCUT2D eigenvalue weighted by Gasteiger charge is 2.17. The molecule has 1 saturated heterocycles. The topological polar surface area (TPSA) is 36.9 Å². The van der Waals surface area contributed by atoms with Gasteiger partial charge in [-0.3, -0.25) is 0 Å². The quantitative estimate of drug-likeness (QED) is 0.538. The fourth-order valence-electron chi connectivity index (χ4n) is 3.32. The summed E-state index contributed by atoms with van der Waals surface area (Å²) in [5, 5.41) is 6.46. The predicted octanol–water partition coefficient (Wildman–Crippen LogP) is 4.49. The van der Waals surface area contributed by atoms with Crippen LogP contribution in [-0.2, 0) is 0 Å². The molecule has 27 heavy (non-hydrogen) atoms. The van der Waals surface area contributed by atoms with E-state index >= 15 is 0 Å². The minimum absolute atomic E-state index is 0.720. The molecule has 3 aromatic carbocycles. The van der Waals surface area contributed by atoms with E-state index in [1.165, 1.54) is 5.39 Å². The van der Waals surface area contributed by atoms with Crippen LogP contribution in [0.5, 0.6) is 5.75 Å². The minimum Gasteiger partial charge on any atom is -0.497 e. The smallest absolute Gasteiger partial charge is 0.136 e.